The molecule has 4 aromatic rings. The highest BCUT2D eigenvalue weighted by Crippen LogP contribution is 2.59. The first-order valence-electron chi connectivity index (χ1n) is 15.3. The molecule has 5 heteroatoms. The highest BCUT2D eigenvalue weighted by atomic mass is 16.5. The molecule has 2 fully saturated rings. The molecule has 0 amide bonds. The van der Waals surface area contributed by atoms with Crippen LogP contribution >= 0.6 is 0 Å². The van der Waals surface area contributed by atoms with Gasteiger partial charge in [0.25, 0.3) is 11.4 Å². The van der Waals surface area contributed by atoms with E-state index >= 15 is 0 Å². The fraction of sp³-hybridized carbons (Fsp3) is 0.371. The molecule has 0 bridgehead atoms. The molecule has 0 N–H and O–H groups in total. The lowest BCUT2D eigenvalue weighted by Crippen LogP contribution is -2.74. The molecule has 6 aliphatic rings. The third-order valence-corrected chi connectivity index (χ3v) is 10.5. The maximum Gasteiger partial charge on any atom is 0.437 e. The predicted molar refractivity (Wildman–Crippen MR) is 149 cm³/mol. The normalized spacial score (nSPS) is 20.6. The van der Waals surface area contributed by atoms with E-state index in [-0.39, 0.29) is 0 Å². The van der Waals surface area contributed by atoms with E-state index in [0.29, 0.717) is 11.8 Å². The van der Waals surface area contributed by atoms with Crippen molar-refractivity contribution in [3.8, 4) is 46.1 Å². The fourth-order valence-electron chi connectivity index (χ4n) is 8.78. The van der Waals surface area contributed by atoms with Gasteiger partial charge >= 0.3 is 17.4 Å². The van der Waals surface area contributed by atoms with Crippen LogP contribution in [0.3, 0.4) is 0 Å². The van der Waals surface area contributed by atoms with E-state index in [4.69, 9.17) is 14.2 Å². The summed E-state index contributed by atoms with van der Waals surface area (Å²) in [4.78, 5) is 0. The lowest BCUT2D eigenvalue weighted by Gasteiger charge is -2.35. The van der Waals surface area contributed by atoms with Crippen molar-refractivity contribution >= 4 is 0 Å². The van der Waals surface area contributed by atoms with Crippen molar-refractivity contribution in [2.24, 2.45) is 0 Å². The van der Waals surface area contributed by atoms with Gasteiger partial charge in [-0.15, -0.1) is 0 Å². The van der Waals surface area contributed by atoms with Crippen molar-refractivity contribution in [3.05, 3.63) is 82.9 Å². The van der Waals surface area contributed by atoms with Crippen LogP contribution in [-0.4, -0.2) is 0 Å². The van der Waals surface area contributed by atoms with E-state index in [1.807, 2.05) is 12.1 Å². The Morgan fingerprint density at radius 3 is 1.40 bits per heavy atom. The van der Waals surface area contributed by atoms with Crippen molar-refractivity contribution in [3.63, 3.8) is 0 Å². The number of rotatable bonds is 2. The van der Waals surface area contributed by atoms with Crippen LogP contribution in [0.5, 0.6) is 34.8 Å². The van der Waals surface area contributed by atoms with Gasteiger partial charge in [-0.1, -0.05) is 59.8 Å². The lowest BCUT2D eigenvalue weighted by molar-refractivity contribution is -0.943. The molecule has 0 unspecified atom stereocenters. The van der Waals surface area contributed by atoms with E-state index in [0.717, 1.165) is 45.9 Å². The summed E-state index contributed by atoms with van der Waals surface area (Å²) < 4.78 is 25.1. The van der Waals surface area contributed by atoms with Gasteiger partial charge in [-0.05, 0) is 72.9 Å². The number of hydrogen-bond acceptors (Lipinski definition) is 3. The molecule has 2 aliphatic carbocycles. The van der Waals surface area contributed by atoms with Crippen molar-refractivity contribution in [1.29, 1.82) is 0 Å². The van der Waals surface area contributed by atoms with Crippen LogP contribution in [-0.2, 0) is 5.66 Å². The average Bonchev–Trinajstić information content (AvgIpc) is 3.30. The van der Waals surface area contributed by atoms with Gasteiger partial charge in [-0.3, -0.25) is 0 Å². The zero-order chi connectivity index (χ0) is 26.0. The molecule has 2 saturated carbocycles. The second kappa shape index (κ2) is 7.66. The van der Waals surface area contributed by atoms with Crippen LogP contribution in [0.25, 0.3) is 11.4 Å². The largest absolute Gasteiger partial charge is 0.455 e. The summed E-state index contributed by atoms with van der Waals surface area (Å²) in [6, 6.07) is 22.1. The Kier molecular flexibility index (Phi) is 4.19. The van der Waals surface area contributed by atoms with Crippen LogP contribution in [0.15, 0.2) is 60.7 Å². The van der Waals surface area contributed by atoms with E-state index in [9.17, 15) is 0 Å². The summed E-state index contributed by atoms with van der Waals surface area (Å²) in [5.41, 5.74) is 6.77. The molecule has 5 nitrogen and oxygen atoms in total. The molecule has 6 heterocycles. The molecule has 2 aromatic heterocycles. The number of pyridine rings is 2. The smallest absolute Gasteiger partial charge is 0.437 e. The van der Waals surface area contributed by atoms with E-state index < -0.39 is 5.66 Å². The zero-order valence-electron chi connectivity index (χ0n) is 22.6. The molecule has 0 radical (unpaired) electrons. The molecule has 1 spiro atoms. The summed E-state index contributed by atoms with van der Waals surface area (Å²) in [5, 5.41) is 0. The maximum absolute atomic E-state index is 6.82. The molecule has 198 valence electrons. The summed E-state index contributed by atoms with van der Waals surface area (Å²) in [5.74, 6) is 6.44. The van der Waals surface area contributed by atoms with Crippen molar-refractivity contribution in [1.82, 2.24) is 0 Å². The van der Waals surface area contributed by atoms with Crippen molar-refractivity contribution in [2.45, 2.75) is 81.7 Å². The van der Waals surface area contributed by atoms with Gasteiger partial charge in [0, 0.05) is 12.1 Å². The lowest BCUT2D eigenvalue weighted by atomic mass is 9.82. The molecule has 40 heavy (non-hydrogen) atoms. The second-order valence-corrected chi connectivity index (χ2v) is 12.6. The van der Waals surface area contributed by atoms with Gasteiger partial charge in [0.2, 0.25) is 0 Å². The Hall–Kier alpha value is -3.86. The average molecular weight is 529 g/mol. The summed E-state index contributed by atoms with van der Waals surface area (Å²) >= 11 is 0. The number of ether oxygens (including phenoxy) is 3. The van der Waals surface area contributed by atoms with Gasteiger partial charge in [-0.25, -0.2) is 0 Å². The number of fused-ring (bicyclic) bond motifs is 1. The predicted octanol–water partition coefficient (Wildman–Crippen LogP) is 7.95. The SMILES string of the molecule is c1cc2c3c(c1)Oc1cc(C4CCCCC4)cc4[n+]1C31c3c(cccc3Oc3cc(C5CCCCC5)cc-4[n+]31)O2. The standard InChI is InChI=1S/C35H32N2O3/c1-3-9-21(10-4-1)23-17-25-26-18-24(22-11-5-2-6-12-22)20-32-37(26)35-33-27(38-28-14-8-16-30(40-32)34(28)35)13-7-15-29(33)39-31(19-23)36(25)35/h7-8,13-22H,1-6,9-12H2/q+2. The first-order chi connectivity index (χ1) is 19.8. The number of aromatic nitrogens is 2. The minimum atomic E-state index is -0.641. The third kappa shape index (κ3) is 2.60. The van der Waals surface area contributed by atoms with Gasteiger partial charge in [-0.2, -0.15) is 0 Å². The van der Waals surface area contributed by atoms with Crippen molar-refractivity contribution in [2.75, 3.05) is 0 Å². The van der Waals surface area contributed by atoms with Gasteiger partial charge in [0.1, 0.15) is 11.5 Å². The van der Waals surface area contributed by atoms with Gasteiger partial charge < -0.3 is 14.2 Å². The van der Waals surface area contributed by atoms with Gasteiger partial charge in [0.05, 0.1) is 12.1 Å². The fourth-order valence-corrected chi connectivity index (χ4v) is 8.78. The van der Waals surface area contributed by atoms with Crippen LogP contribution in [0.4, 0.5) is 0 Å². The quantitative estimate of drug-likeness (QED) is 0.214. The molecule has 0 atom stereocenters. The number of benzene rings is 2. The van der Waals surface area contributed by atoms with Crippen molar-refractivity contribution < 1.29 is 23.3 Å². The van der Waals surface area contributed by atoms with Crippen LogP contribution in [0, 0.1) is 0 Å². The topological polar surface area (TPSA) is 35.5 Å². The Bertz CT molecular complexity index is 1630. The number of nitrogens with zero attached hydrogens (tertiary/aromatic N) is 2. The second-order valence-electron chi connectivity index (χ2n) is 12.6. The first-order valence-corrected chi connectivity index (χ1v) is 15.3. The van der Waals surface area contributed by atoms with E-state index in [2.05, 4.69) is 57.7 Å². The third-order valence-electron chi connectivity index (χ3n) is 10.5. The Balaban J connectivity index is 1.34. The molecule has 0 saturated heterocycles. The monoisotopic (exact) mass is 528 g/mol. The molecule has 4 aliphatic heterocycles. The van der Waals surface area contributed by atoms with E-state index in [1.165, 1.54) is 86.7 Å². The van der Waals surface area contributed by atoms with Crippen LogP contribution in [0.2, 0.25) is 0 Å². The van der Waals surface area contributed by atoms with E-state index in [1.54, 1.807) is 0 Å². The Labute approximate surface area is 234 Å². The first kappa shape index (κ1) is 21.9. The maximum atomic E-state index is 6.82. The van der Waals surface area contributed by atoms with Crippen LogP contribution in [0.1, 0.15) is 98.3 Å². The highest BCUT2D eigenvalue weighted by molar-refractivity contribution is 5.68. The summed E-state index contributed by atoms with van der Waals surface area (Å²) in [6.07, 6.45) is 13.0. The van der Waals surface area contributed by atoms with Crippen LogP contribution < -0.4 is 23.3 Å². The van der Waals surface area contributed by atoms with Gasteiger partial charge in [0.15, 0.2) is 22.6 Å². The Morgan fingerprint density at radius 2 is 0.950 bits per heavy atom. The highest BCUT2D eigenvalue weighted by Gasteiger charge is 2.75. The Morgan fingerprint density at radius 1 is 0.525 bits per heavy atom. The molecular formula is C35H32N2O3+2. The summed E-state index contributed by atoms with van der Waals surface area (Å²) in [6.45, 7) is 0. The molecule has 10 rings (SSSR count). The minimum Gasteiger partial charge on any atom is -0.455 e. The molecule has 2 aromatic carbocycles. The summed E-state index contributed by atoms with van der Waals surface area (Å²) in [7, 11) is 0. The minimum absolute atomic E-state index is 0.581. The molecular weight excluding hydrogens is 496 g/mol. The zero-order valence-corrected chi connectivity index (χ0v) is 22.6. The number of hydrogen-bond donors (Lipinski definition) is 0.